The van der Waals surface area contributed by atoms with Crippen LogP contribution in [0.2, 0.25) is 0 Å². The normalized spacial score (nSPS) is 13.2. The number of ether oxygens (including phenoxy) is 1. The molecule has 0 aliphatic rings. The molecule has 16 heavy (non-hydrogen) atoms. The van der Waals surface area contributed by atoms with E-state index in [1.807, 2.05) is 32.9 Å². The van der Waals surface area contributed by atoms with Crippen molar-refractivity contribution >= 4 is 23.2 Å². The first-order valence-corrected chi connectivity index (χ1v) is 6.02. The highest BCUT2D eigenvalue weighted by molar-refractivity contribution is 6.44. The van der Waals surface area contributed by atoms with Crippen molar-refractivity contribution in [2.45, 2.75) is 37.8 Å². The Morgan fingerprint density at radius 2 is 1.88 bits per heavy atom. The maximum absolute atomic E-state index is 9.82. The molecule has 0 saturated carbocycles. The maximum Gasteiger partial charge on any atom is 0.137 e. The maximum atomic E-state index is 9.82. The molecule has 4 heteroatoms. The zero-order valence-electron chi connectivity index (χ0n) is 9.58. The lowest BCUT2D eigenvalue weighted by Gasteiger charge is -2.17. The average Bonchev–Trinajstić information content (AvgIpc) is 2.19. The summed E-state index contributed by atoms with van der Waals surface area (Å²) in [6.07, 6.45) is -0.797. The van der Waals surface area contributed by atoms with Gasteiger partial charge in [-0.25, -0.2) is 0 Å². The molecular weight excluding hydrogens is 247 g/mol. The molecule has 1 N–H and O–H groups in total. The largest absolute Gasteiger partial charge is 0.491 e. The molecule has 1 aromatic carbocycles. The van der Waals surface area contributed by atoms with Gasteiger partial charge in [0.25, 0.3) is 0 Å². The number of halogens is 2. The summed E-state index contributed by atoms with van der Waals surface area (Å²) in [5, 5.41) is 9.82. The van der Waals surface area contributed by atoms with Crippen molar-refractivity contribution < 1.29 is 9.84 Å². The second-order valence-corrected chi connectivity index (χ2v) is 5.13. The Hall–Kier alpha value is -0.440. The van der Waals surface area contributed by atoms with Crippen LogP contribution in [0.5, 0.6) is 5.75 Å². The monoisotopic (exact) mass is 262 g/mol. The lowest BCUT2D eigenvalue weighted by atomic mass is 10.0. The molecule has 1 atom stereocenters. The summed E-state index contributed by atoms with van der Waals surface area (Å²) in [6.45, 7) is 5.79. The molecule has 0 radical (unpaired) electrons. The van der Waals surface area contributed by atoms with Gasteiger partial charge < -0.3 is 9.84 Å². The minimum absolute atomic E-state index is 0.0931. The van der Waals surface area contributed by atoms with Gasteiger partial charge in [-0.05, 0) is 44.0 Å². The van der Waals surface area contributed by atoms with Gasteiger partial charge in [0.05, 0.1) is 6.10 Å². The predicted octanol–water partition coefficient (Wildman–Crippen LogP) is 3.62. The summed E-state index contributed by atoms with van der Waals surface area (Å²) in [7, 11) is 0. The fourth-order valence-corrected chi connectivity index (χ4v) is 1.69. The predicted molar refractivity (Wildman–Crippen MR) is 67.4 cm³/mol. The lowest BCUT2D eigenvalue weighted by molar-refractivity contribution is 0.190. The van der Waals surface area contributed by atoms with E-state index in [0.29, 0.717) is 11.3 Å². The Morgan fingerprint density at radius 1 is 1.25 bits per heavy atom. The summed E-state index contributed by atoms with van der Waals surface area (Å²) >= 11 is 11.3. The van der Waals surface area contributed by atoms with E-state index >= 15 is 0 Å². The van der Waals surface area contributed by atoms with Crippen LogP contribution in [-0.2, 0) is 0 Å². The molecule has 1 rings (SSSR count). The first-order valence-electron chi connectivity index (χ1n) is 5.15. The van der Waals surface area contributed by atoms with Gasteiger partial charge in [0, 0.05) is 0 Å². The van der Waals surface area contributed by atoms with Gasteiger partial charge in [0.2, 0.25) is 0 Å². The van der Waals surface area contributed by atoms with Crippen molar-refractivity contribution in [1.29, 1.82) is 0 Å². The third kappa shape index (κ3) is 3.55. The molecule has 2 nitrogen and oxygen atoms in total. The molecule has 0 spiro atoms. The van der Waals surface area contributed by atoms with Gasteiger partial charge in [-0.2, -0.15) is 0 Å². The third-order valence-electron chi connectivity index (χ3n) is 2.18. The Kier molecular flexibility index (Phi) is 4.90. The Balaban J connectivity index is 2.99. The summed E-state index contributed by atoms with van der Waals surface area (Å²) in [5.74, 6) is 0.712. The summed E-state index contributed by atoms with van der Waals surface area (Å²) < 4.78 is 5.54. The lowest BCUT2D eigenvalue weighted by Crippen LogP contribution is -2.10. The Labute approximate surface area is 106 Å². The summed E-state index contributed by atoms with van der Waals surface area (Å²) in [4.78, 5) is -0.840. The van der Waals surface area contributed by atoms with E-state index in [1.54, 1.807) is 6.07 Å². The SMILES string of the molecule is Cc1ccc(OC(C)C)cc1C(O)C(Cl)Cl. The highest BCUT2D eigenvalue weighted by atomic mass is 35.5. The van der Waals surface area contributed by atoms with Crippen LogP contribution in [0.25, 0.3) is 0 Å². The highest BCUT2D eigenvalue weighted by Crippen LogP contribution is 2.29. The van der Waals surface area contributed by atoms with Crippen molar-refractivity contribution in [3.05, 3.63) is 29.3 Å². The minimum Gasteiger partial charge on any atom is -0.491 e. The topological polar surface area (TPSA) is 29.5 Å². The fraction of sp³-hybridized carbons (Fsp3) is 0.500. The van der Waals surface area contributed by atoms with Crippen molar-refractivity contribution in [2.24, 2.45) is 0 Å². The van der Waals surface area contributed by atoms with Gasteiger partial charge >= 0.3 is 0 Å². The van der Waals surface area contributed by atoms with E-state index in [4.69, 9.17) is 27.9 Å². The van der Waals surface area contributed by atoms with E-state index in [2.05, 4.69) is 0 Å². The van der Waals surface area contributed by atoms with Gasteiger partial charge in [-0.1, -0.05) is 6.07 Å². The molecule has 1 unspecified atom stereocenters. The Bertz CT molecular complexity index is 351. The number of aliphatic hydroxyl groups is 1. The van der Waals surface area contributed by atoms with E-state index in [-0.39, 0.29) is 6.10 Å². The van der Waals surface area contributed by atoms with Crippen LogP contribution in [0.4, 0.5) is 0 Å². The second-order valence-electron chi connectivity index (χ2n) is 3.96. The molecule has 0 amide bonds. The van der Waals surface area contributed by atoms with Crippen molar-refractivity contribution in [3.8, 4) is 5.75 Å². The smallest absolute Gasteiger partial charge is 0.137 e. The van der Waals surface area contributed by atoms with Gasteiger partial charge in [0.1, 0.15) is 16.7 Å². The zero-order chi connectivity index (χ0) is 12.3. The van der Waals surface area contributed by atoms with Crippen LogP contribution in [-0.4, -0.2) is 16.0 Å². The Morgan fingerprint density at radius 3 is 2.38 bits per heavy atom. The molecule has 1 aromatic rings. The zero-order valence-corrected chi connectivity index (χ0v) is 11.1. The number of hydrogen-bond donors (Lipinski definition) is 1. The van der Waals surface area contributed by atoms with Crippen molar-refractivity contribution in [2.75, 3.05) is 0 Å². The molecule has 0 aliphatic carbocycles. The molecule has 0 saturated heterocycles. The molecule has 0 fully saturated rings. The second kappa shape index (κ2) is 5.76. The fourth-order valence-electron chi connectivity index (χ4n) is 1.42. The highest BCUT2D eigenvalue weighted by Gasteiger charge is 2.18. The minimum atomic E-state index is -0.890. The molecular formula is C12H16Cl2O2. The first kappa shape index (κ1) is 13.6. The number of aryl methyl sites for hydroxylation is 1. The first-order chi connectivity index (χ1) is 7.41. The standard InChI is InChI=1S/C12H16Cl2O2/c1-7(2)16-9-5-4-8(3)10(6-9)11(15)12(13)14/h4-7,11-12,15H,1-3H3. The van der Waals surface area contributed by atoms with Crippen LogP contribution in [0, 0.1) is 6.92 Å². The molecule has 0 aromatic heterocycles. The number of benzene rings is 1. The third-order valence-corrected chi connectivity index (χ3v) is 2.66. The average molecular weight is 263 g/mol. The van der Waals surface area contributed by atoms with Crippen molar-refractivity contribution in [3.63, 3.8) is 0 Å². The summed E-state index contributed by atoms with van der Waals surface area (Å²) in [5.41, 5.74) is 1.64. The van der Waals surface area contributed by atoms with Crippen LogP contribution in [0.1, 0.15) is 31.1 Å². The van der Waals surface area contributed by atoms with E-state index in [9.17, 15) is 5.11 Å². The van der Waals surface area contributed by atoms with Gasteiger partial charge in [-0.15, -0.1) is 23.2 Å². The van der Waals surface area contributed by atoms with Gasteiger partial charge in [0.15, 0.2) is 0 Å². The van der Waals surface area contributed by atoms with Crippen LogP contribution >= 0.6 is 23.2 Å². The van der Waals surface area contributed by atoms with Gasteiger partial charge in [-0.3, -0.25) is 0 Å². The van der Waals surface area contributed by atoms with E-state index < -0.39 is 10.9 Å². The van der Waals surface area contributed by atoms with Crippen molar-refractivity contribution in [1.82, 2.24) is 0 Å². The number of alkyl halides is 2. The van der Waals surface area contributed by atoms with E-state index in [1.165, 1.54) is 0 Å². The quantitative estimate of drug-likeness (QED) is 0.841. The molecule has 0 bridgehead atoms. The molecule has 0 aliphatic heterocycles. The van der Waals surface area contributed by atoms with E-state index in [0.717, 1.165) is 5.56 Å². The van der Waals surface area contributed by atoms with Crippen LogP contribution in [0.15, 0.2) is 18.2 Å². The number of aliphatic hydroxyl groups excluding tert-OH is 1. The molecule has 90 valence electrons. The number of rotatable bonds is 4. The number of hydrogen-bond acceptors (Lipinski definition) is 2. The molecule has 0 heterocycles. The summed E-state index contributed by atoms with van der Waals surface area (Å²) in [6, 6.07) is 5.52. The van der Waals surface area contributed by atoms with Crippen LogP contribution in [0.3, 0.4) is 0 Å². The van der Waals surface area contributed by atoms with Crippen LogP contribution < -0.4 is 4.74 Å².